The van der Waals surface area contributed by atoms with E-state index in [2.05, 4.69) is 17.1 Å². The number of phenolic OH excluding ortho intramolecular Hbond substituents is 1. The first-order chi connectivity index (χ1) is 11.3. The van der Waals surface area contributed by atoms with Crippen LogP contribution < -0.4 is 0 Å². The monoisotopic (exact) mass is 302 g/mol. The van der Waals surface area contributed by atoms with Gasteiger partial charge in [0.05, 0.1) is 18.9 Å². The van der Waals surface area contributed by atoms with Gasteiger partial charge in [-0.25, -0.2) is 4.98 Å². The molecule has 2 heterocycles. The molecular formula is C19H14N2O2. The number of aromatic nitrogens is 2. The number of imidazole rings is 1. The maximum absolute atomic E-state index is 9.43. The van der Waals surface area contributed by atoms with Gasteiger partial charge in [-0.2, -0.15) is 0 Å². The average Bonchev–Trinajstić information content (AvgIpc) is 3.28. The Kier molecular flexibility index (Phi) is 3.20. The molecule has 4 rings (SSSR count). The Morgan fingerprint density at radius 1 is 0.826 bits per heavy atom. The molecule has 0 fully saturated rings. The minimum Gasteiger partial charge on any atom is -0.508 e. The molecule has 112 valence electrons. The standard InChI is InChI=1S/C19H14N2O2/c22-17-7-3-15(4-8-17)19-12-23-11-18(19)14-1-5-16(6-2-14)21-10-9-20-13-21/h1-13,22H. The summed E-state index contributed by atoms with van der Waals surface area (Å²) in [7, 11) is 0. The number of aromatic hydroxyl groups is 1. The molecule has 0 aliphatic heterocycles. The van der Waals surface area contributed by atoms with Crippen molar-refractivity contribution >= 4 is 0 Å². The Bertz CT molecular complexity index is 905. The van der Waals surface area contributed by atoms with E-state index >= 15 is 0 Å². The molecular weight excluding hydrogens is 288 g/mol. The highest BCUT2D eigenvalue weighted by molar-refractivity contribution is 5.82. The molecule has 0 atom stereocenters. The van der Waals surface area contributed by atoms with Crippen molar-refractivity contribution < 1.29 is 9.52 Å². The topological polar surface area (TPSA) is 51.2 Å². The molecule has 1 N–H and O–H groups in total. The zero-order valence-corrected chi connectivity index (χ0v) is 12.3. The van der Waals surface area contributed by atoms with Crippen LogP contribution in [0.4, 0.5) is 0 Å². The Balaban J connectivity index is 1.72. The third-order valence-corrected chi connectivity index (χ3v) is 3.82. The van der Waals surface area contributed by atoms with Crippen molar-refractivity contribution in [3.8, 4) is 33.7 Å². The molecule has 0 amide bonds. The second-order valence-corrected chi connectivity index (χ2v) is 5.26. The molecule has 0 spiro atoms. The quantitative estimate of drug-likeness (QED) is 0.606. The summed E-state index contributed by atoms with van der Waals surface area (Å²) in [6, 6.07) is 15.3. The van der Waals surface area contributed by atoms with Crippen LogP contribution in [0.3, 0.4) is 0 Å². The maximum atomic E-state index is 9.43. The van der Waals surface area contributed by atoms with Crippen molar-refractivity contribution in [2.45, 2.75) is 0 Å². The van der Waals surface area contributed by atoms with Crippen LogP contribution in [0.15, 0.2) is 84.2 Å². The largest absolute Gasteiger partial charge is 0.508 e. The molecule has 0 bridgehead atoms. The fourth-order valence-corrected chi connectivity index (χ4v) is 2.61. The minimum atomic E-state index is 0.253. The molecule has 0 aliphatic rings. The van der Waals surface area contributed by atoms with Gasteiger partial charge in [0.15, 0.2) is 0 Å². The van der Waals surface area contributed by atoms with Crippen LogP contribution in [0.1, 0.15) is 0 Å². The molecule has 2 aromatic heterocycles. The number of furan rings is 1. The van der Waals surface area contributed by atoms with E-state index < -0.39 is 0 Å². The second kappa shape index (κ2) is 5.50. The number of nitrogens with zero attached hydrogens (tertiary/aromatic N) is 2. The Labute approximate surface area is 133 Å². The second-order valence-electron chi connectivity index (χ2n) is 5.26. The highest BCUT2D eigenvalue weighted by atomic mass is 16.3. The zero-order valence-electron chi connectivity index (χ0n) is 12.3. The lowest BCUT2D eigenvalue weighted by molar-refractivity contribution is 0.475. The summed E-state index contributed by atoms with van der Waals surface area (Å²) in [5.74, 6) is 0.253. The van der Waals surface area contributed by atoms with E-state index in [1.54, 1.807) is 37.2 Å². The average molecular weight is 302 g/mol. The summed E-state index contributed by atoms with van der Waals surface area (Å²) in [6.07, 6.45) is 8.91. The van der Waals surface area contributed by atoms with Crippen LogP contribution in [0.25, 0.3) is 27.9 Å². The zero-order chi connectivity index (χ0) is 15.6. The van der Waals surface area contributed by atoms with Gasteiger partial charge in [-0.3, -0.25) is 0 Å². The molecule has 4 nitrogen and oxygen atoms in total. The predicted molar refractivity (Wildman–Crippen MR) is 88.4 cm³/mol. The molecule has 4 aromatic rings. The van der Waals surface area contributed by atoms with E-state index in [1.165, 1.54) is 0 Å². The van der Waals surface area contributed by atoms with Crippen molar-refractivity contribution in [3.63, 3.8) is 0 Å². The molecule has 0 radical (unpaired) electrons. The molecule has 2 aromatic carbocycles. The van der Waals surface area contributed by atoms with Gasteiger partial charge < -0.3 is 14.1 Å². The molecule has 4 heteroatoms. The Morgan fingerprint density at radius 3 is 2.00 bits per heavy atom. The maximum Gasteiger partial charge on any atom is 0.115 e. The number of hydrogen-bond donors (Lipinski definition) is 1. The lowest BCUT2D eigenvalue weighted by Gasteiger charge is -2.06. The summed E-state index contributed by atoms with van der Waals surface area (Å²) in [5, 5.41) is 9.43. The van der Waals surface area contributed by atoms with Crippen molar-refractivity contribution in [3.05, 3.63) is 79.8 Å². The van der Waals surface area contributed by atoms with E-state index in [9.17, 15) is 5.11 Å². The van der Waals surface area contributed by atoms with Gasteiger partial charge in [-0.1, -0.05) is 24.3 Å². The number of rotatable bonds is 3. The summed E-state index contributed by atoms with van der Waals surface area (Å²) in [4.78, 5) is 4.06. The Hall–Kier alpha value is -3.27. The smallest absolute Gasteiger partial charge is 0.115 e. The highest BCUT2D eigenvalue weighted by Crippen LogP contribution is 2.34. The molecule has 0 saturated heterocycles. The SMILES string of the molecule is Oc1ccc(-c2cocc2-c2ccc(-n3ccnc3)cc2)cc1. The van der Waals surface area contributed by atoms with E-state index in [0.717, 1.165) is 27.9 Å². The van der Waals surface area contributed by atoms with Gasteiger partial charge in [0.2, 0.25) is 0 Å². The van der Waals surface area contributed by atoms with Crippen molar-refractivity contribution in [1.29, 1.82) is 0 Å². The van der Waals surface area contributed by atoms with Crippen LogP contribution in [-0.2, 0) is 0 Å². The summed E-state index contributed by atoms with van der Waals surface area (Å²) in [6.45, 7) is 0. The Morgan fingerprint density at radius 2 is 1.43 bits per heavy atom. The van der Waals surface area contributed by atoms with Crippen molar-refractivity contribution in [2.75, 3.05) is 0 Å². The number of hydrogen-bond acceptors (Lipinski definition) is 3. The van der Waals surface area contributed by atoms with Crippen molar-refractivity contribution in [1.82, 2.24) is 9.55 Å². The summed E-state index contributed by atoms with van der Waals surface area (Å²) < 4.78 is 7.37. The van der Waals surface area contributed by atoms with E-state index in [1.807, 2.05) is 35.0 Å². The molecule has 23 heavy (non-hydrogen) atoms. The number of phenols is 1. The van der Waals surface area contributed by atoms with Crippen LogP contribution in [0.5, 0.6) is 5.75 Å². The fraction of sp³-hybridized carbons (Fsp3) is 0. The van der Waals surface area contributed by atoms with Crippen LogP contribution in [0, 0.1) is 0 Å². The highest BCUT2D eigenvalue weighted by Gasteiger charge is 2.10. The van der Waals surface area contributed by atoms with E-state index in [0.29, 0.717) is 0 Å². The molecule has 0 aliphatic carbocycles. The normalized spacial score (nSPS) is 10.8. The first-order valence-electron chi connectivity index (χ1n) is 7.25. The van der Waals surface area contributed by atoms with Gasteiger partial charge >= 0.3 is 0 Å². The lowest BCUT2D eigenvalue weighted by atomic mass is 9.99. The third kappa shape index (κ3) is 2.51. The van der Waals surface area contributed by atoms with Gasteiger partial charge in [-0.05, 0) is 35.4 Å². The first-order valence-corrected chi connectivity index (χ1v) is 7.25. The van der Waals surface area contributed by atoms with Crippen LogP contribution in [0.2, 0.25) is 0 Å². The van der Waals surface area contributed by atoms with Gasteiger partial charge in [0, 0.05) is 29.2 Å². The summed E-state index contributed by atoms with van der Waals surface area (Å²) >= 11 is 0. The van der Waals surface area contributed by atoms with Gasteiger partial charge in [0.1, 0.15) is 5.75 Å². The summed E-state index contributed by atoms with van der Waals surface area (Å²) in [5.41, 5.74) is 5.16. The van der Waals surface area contributed by atoms with E-state index in [-0.39, 0.29) is 5.75 Å². The lowest BCUT2D eigenvalue weighted by Crippen LogP contribution is -1.89. The van der Waals surface area contributed by atoms with Crippen LogP contribution >= 0.6 is 0 Å². The first kappa shape index (κ1) is 13.4. The van der Waals surface area contributed by atoms with Gasteiger partial charge in [-0.15, -0.1) is 0 Å². The molecule has 0 saturated carbocycles. The predicted octanol–water partition coefficient (Wildman–Crippen LogP) is 4.50. The van der Waals surface area contributed by atoms with Crippen molar-refractivity contribution in [2.24, 2.45) is 0 Å². The van der Waals surface area contributed by atoms with E-state index in [4.69, 9.17) is 4.42 Å². The van der Waals surface area contributed by atoms with Gasteiger partial charge in [0.25, 0.3) is 0 Å². The third-order valence-electron chi connectivity index (χ3n) is 3.82. The van der Waals surface area contributed by atoms with Crippen LogP contribution in [-0.4, -0.2) is 14.7 Å². The minimum absolute atomic E-state index is 0.253. The fourth-order valence-electron chi connectivity index (χ4n) is 2.61. The number of benzene rings is 2. The molecule has 0 unspecified atom stereocenters.